The van der Waals surface area contributed by atoms with Crippen LogP contribution >= 0.6 is 11.6 Å². The number of esters is 1. The predicted molar refractivity (Wildman–Crippen MR) is 121 cm³/mol. The number of benzene rings is 3. The van der Waals surface area contributed by atoms with Gasteiger partial charge >= 0.3 is 5.97 Å². The number of hydrogen-bond acceptors (Lipinski definition) is 4. The van der Waals surface area contributed by atoms with E-state index in [1.165, 1.54) is 6.07 Å². The second kappa shape index (κ2) is 7.07. The minimum Gasteiger partial charge on any atom is -0.450 e. The number of imidazole rings is 1. The molecule has 2 aliphatic rings. The van der Waals surface area contributed by atoms with E-state index in [9.17, 15) is 4.79 Å². The molecule has 160 valence electrons. The fraction of sp³-hybridized carbons (Fsp3) is 0.200. The first-order chi connectivity index (χ1) is 15.5. The van der Waals surface area contributed by atoms with Gasteiger partial charge in [0.2, 0.25) is 0 Å². The largest absolute Gasteiger partial charge is 0.450 e. The molecule has 0 radical (unpaired) electrons. The van der Waals surface area contributed by atoms with Crippen molar-refractivity contribution in [3.8, 4) is 11.4 Å². The molecule has 0 atom stereocenters. The van der Waals surface area contributed by atoms with Crippen molar-refractivity contribution in [3.63, 3.8) is 0 Å². The summed E-state index contributed by atoms with van der Waals surface area (Å²) in [5, 5.41) is 0.618. The number of ether oxygens (including phenoxy) is 1. The van der Waals surface area contributed by atoms with Gasteiger partial charge in [0.15, 0.2) is 0 Å². The second-order valence-electron chi connectivity index (χ2n) is 8.33. The molecule has 32 heavy (non-hydrogen) atoms. The molecule has 1 aromatic heterocycles. The number of fused-ring (bicyclic) bond motifs is 3. The molecular weight excluding hydrogens is 429 g/mol. The maximum atomic E-state index is 15.1. The first-order valence-electron chi connectivity index (χ1n) is 10.6. The van der Waals surface area contributed by atoms with Gasteiger partial charge in [0.1, 0.15) is 17.2 Å². The van der Waals surface area contributed by atoms with Crippen LogP contribution < -0.4 is 4.90 Å². The van der Waals surface area contributed by atoms with Crippen LogP contribution in [0.1, 0.15) is 28.8 Å². The van der Waals surface area contributed by atoms with E-state index < -0.39 is 5.60 Å². The van der Waals surface area contributed by atoms with E-state index in [1.807, 2.05) is 41.3 Å². The Bertz CT molecular complexity index is 1370. The number of piperidine rings is 1. The quantitative estimate of drug-likeness (QED) is 0.401. The average Bonchev–Trinajstić information content (AvgIpc) is 3.34. The third-order valence-corrected chi connectivity index (χ3v) is 6.74. The van der Waals surface area contributed by atoms with Gasteiger partial charge < -0.3 is 14.6 Å². The number of halogens is 2. The van der Waals surface area contributed by atoms with Crippen LogP contribution in [0.15, 0.2) is 60.7 Å². The second-order valence-corrected chi connectivity index (χ2v) is 8.77. The van der Waals surface area contributed by atoms with Crippen molar-refractivity contribution in [2.75, 3.05) is 18.0 Å². The zero-order valence-corrected chi connectivity index (χ0v) is 17.8. The summed E-state index contributed by atoms with van der Waals surface area (Å²) in [6, 6.07) is 18.1. The van der Waals surface area contributed by atoms with Crippen LogP contribution in [-0.2, 0) is 10.3 Å². The molecule has 0 unspecified atom stereocenters. The van der Waals surface area contributed by atoms with Crippen molar-refractivity contribution in [1.29, 1.82) is 0 Å². The van der Waals surface area contributed by atoms with Crippen LogP contribution in [0.5, 0.6) is 0 Å². The van der Waals surface area contributed by atoms with E-state index in [2.05, 4.69) is 9.97 Å². The van der Waals surface area contributed by atoms with Crippen LogP contribution in [0, 0.1) is 5.82 Å². The van der Waals surface area contributed by atoms with Crippen LogP contribution in [-0.4, -0.2) is 29.0 Å². The number of nitrogens with zero attached hydrogens (tertiary/aromatic N) is 2. The van der Waals surface area contributed by atoms with E-state index in [-0.39, 0.29) is 11.8 Å². The topological polar surface area (TPSA) is 58.2 Å². The van der Waals surface area contributed by atoms with Gasteiger partial charge in [0.05, 0.1) is 22.3 Å². The molecule has 3 heterocycles. The summed E-state index contributed by atoms with van der Waals surface area (Å²) in [5.74, 6) is 0.0252. The fourth-order valence-corrected chi connectivity index (χ4v) is 5.03. The third-order valence-electron chi connectivity index (χ3n) is 6.50. The first-order valence-corrected chi connectivity index (χ1v) is 10.9. The molecule has 1 spiro atoms. The molecule has 0 saturated carbocycles. The number of carbonyl (C=O) groups is 1. The van der Waals surface area contributed by atoms with Crippen LogP contribution in [0.2, 0.25) is 5.02 Å². The molecule has 5 nitrogen and oxygen atoms in total. The number of rotatable bonds is 2. The number of carbonyl (C=O) groups excluding carboxylic acids is 1. The number of H-pyrrole nitrogens is 1. The van der Waals surface area contributed by atoms with E-state index in [1.54, 1.807) is 18.2 Å². The van der Waals surface area contributed by atoms with Gasteiger partial charge in [-0.05, 0) is 42.5 Å². The molecule has 1 saturated heterocycles. The summed E-state index contributed by atoms with van der Waals surface area (Å²) < 4.78 is 20.9. The fourth-order valence-electron chi connectivity index (χ4n) is 4.86. The molecule has 3 aromatic carbocycles. The van der Waals surface area contributed by atoms with E-state index in [4.69, 9.17) is 16.3 Å². The van der Waals surface area contributed by atoms with Crippen LogP contribution in [0.4, 0.5) is 10.1 Å². The van der Waals surface area contributed by atoms with Crippen molar-refractivity contribution in [3.05, 3.63) is 82.6 Å². The normalized spacial score (nSPS) is 17.1. The van der Waals surface area contributed by atoms with Gasteiger partial charge in [0.25, 0.3) is 0 Å². The highest BCUT2D eigenvalue weighted by Gasteiger charge is 2.47. The maximum Gasteiger partial charge on any atom is 0.339 e. The number of hydrogen-bond donors (Lipinski definition) is 1. The predicted octanol–water partition coefficient (Wildman–Crippen LogP) is 5.69. The van der Waals surface area contributed by atoms with Crippen molar-refractivity contribution in [1.82, 2.24) is 9.97 Å². The summed E-state index contributed by atoms with van der Waals surface area (Å²) in [6.45, 7) is 1.20. The molecule has 7 heteroatoms. The van der Waals surface area contributed by atoms with E-state index in [0.717, 1.165) is 16.6 Å². The number of nitrogens with one attached hydrogen (secondary N) is 1. The Morgan fingerprint density at radius 3 is 2.69 bits per heavy atom. The highest BCUT2D eigenvalue weighted by Crippen LogP contribution is 2.45. The summed E-state index contributed by atoms with van der Waals surface area (Å²) in [7, 11) is 0. The molecule has 1 fully saturated rings. The molecular formula is C25H19ClFN3O2. The Labute approximate surface area is 188 Å². The lowest BCUT2D eigenvalue weighted by Gasteiger charge is -2.39. The minimum atomic E-state index is -0.601. The Morgan fingerprint density at radius 2 is 1.88 bits per heavy atom. The van der Waals surface area contributed by atoms with Crippen LogP contribution in [0.25, 0.3) is 22.4 Å². The van der Waals surface area contributed by atoms with Crippen molar-refractivity contribution in [2.24, 2.45) is 0 Å². The third kappa shape index (κ3) is 2.98. The van der Waals surface area contributed by atoms with Crippen molar-refractivity contribution < 1.29 is 13.9 Å². The Balaban J connectivity index is 1.24. The summed E-state index contributed by atoms with van der Waals surface area (Å²) in [4.78, 5) is 22.0. The Morgan fingerprint density at radius 1 is 1.06 bits per heavy atom. The van der Waals surface area contributed by atoms with E-state index in [0.29, 0.717) is 53.6 Å². The van der Waals surface area contributed by atoms with Gasteiger partial charge in [-0.25, -0.2) is 14.2 Å². The van der Waals surface area contributed by atoms with Crippen molar-refractivity contribution in [2.45, 2.75) is 18.4 Å². The molecule has 4 aromatic rings. The molecule has 0 bridgehead atoms. The van der Waals surface area contributed by atoms with Gasteiger partial charge in [-0.1, -0.05) is 29.8 Å². The number of aromatic nitrogens is 2. The zero-order valence-electron chi connectivity index (χ0n) is 17.1. The molecule has 0 amide bonds. The lowest BCUT2D eigenvalue weighted by Crippen LogP contribution is -2.43. The van der Waals surface area contributed by atoms with Gasteiger partial charge in [-0.2, -0.15) is 0 Å². The zero-order chi connectivity index (χ0) is 21.9. The van der Waals surface area contributed by atoms with E-state index >= 15 is 4.39 Å². The standard InChI is InChI=1S/C25H19ClFN3O2/c26-16-6-7-20-21(14-16)29-23(28-20)15-5-8-22(19(27)13-15)30-11-9-25(10-12-30)18-4-2-1-3-17(18)24(31)32-25/h1-8,13-14H,9-12H2,(H,28,29). The van der Waals surface area contributed by atoms with Gasteiger partial charge in [0, 0.05) is 42.1 Å². The average molecular weight is 448 g/mol. The Hall–Kier alpha value is -3.38. The molecule has 2 aliphatic heterocycles. The summed E-state index contributed by atoms with van der Waals surface area (Å²) in [6.07, 6.45) is 1.25. The minimum absolute atomic E-state index is 0.267. The van der Waals surface area contributed by atoms with Crippen LogP contribution in [0.3, 0.4) is 0 Å². The first kappa shape index (κ1) is 19.3. The lowest BCUT2D eigenvalue weighted by atomic mass is 9.83. The Kier molecular flexibility index (Phi) is 4.27. The highest BCUT2D eigenvalue weighted by molar-refractivity contribution is 6.31. The maximum absolute atomic E-state index is 15.1. The van der Waals surface area contributed by atoms with Gasteiger partial charge in [-0.3, -0.25) is 0 Å². The monoisotopic (exact) mass is 447 g/mol. The summed E-state index contributed by atoms with van der Waals surface area (Å²) >= 11 is 6.05. The molecule has 0 aliphatic carbocycles. The lowest BCUT2D eigenvalue weighted by molar-refractivity contribution is -0.0211. The molecule has 1 N–H and O–H groups in total. The smallest absolute Gasteiger partial charge is 0.339 e. The summed E-state index contributed by atoms with van der Waals surface area (Å²) in [5.41, 5.74) is 3.79. The number of anilines is 1. The SMILES string of the molecule is O=C1OC2(CCN(c3ccc(-c4nc5ccc(Cl)cc5[nH]4)cc3F)CC2)c2ccccc21. The van der Waals surface area contributed by atoms with Gasteiger partial charge in [-0.15, -0.1) is 0 Å². The highest BCUT2D eigenvalue weighted by atomic mass is 35.5. The van der Waals surface area contributed by atoms with Crippen molar-refractivity contribution >= 4 is 34.3 Å². The molecule has 6 rings (SSSR count). The number of aromatic amines is 1.